The van der Waals surface area contributed by atoms with E-state index in [1.807, 2.05) is 48.5 Å². The van der Waals surface area contributed by atoms with Gasteiger partial charge in [0.2, 0.25) is 0 Å². The van der Waals surface area contributed by atoms with Crippen molar-refractivity contribution in [1.82, 2.24) is 0 Å². The Morgan fingerprint density at radius 3 is 1.90 bits per heavy atom. The first-order valence-electron chi connectivity index (χ1n) is 10.7. The smallest absolute Gasteiger partial charge is 0.118 e. The van der Waals surface area contributed by atoms with Crippen LogP contribution in [0.3, 0.4) is 0 Å². The van der Waals surface area contributed by atoms with Gasteiger partial charge in [-0.2, -0.15) is 5.26 Å². The van der Waals surface area contributed by atoms with E-state index in [1.54, 1.807) is 7.11 Å². The Kier molecular flexibility index (Phi) is 8.23. The van der Waals surface area contributed by atoms with E-state index < -0.39 is 5.41 Å². The van der Waals surface area contributed by atoms with E-state index in [9.17, 15) is 0 Å². The Balaban J connectivity index is 2.03. The number of unbranched alkanes of at least 4 members (excludes halogenated alkanes) is 2. The van der Waals surface area contributed by atoms with Crippen LogP contribution in [0.2, 0.25) is 0 Å². The molecule has 160 valence electrons. The molecule has 0 heterocycles. The predicted molar refractivity (Wildman–Crippen MR) is 124 cm³/mol. The van der Waals surface area contributed by atoms with Gasteiger partial charge in [0.15, 0.2) is 0 Å². The summed E-state index contributed by atoms with van der Waals surface area (Å²) >= 11 is 0. The number of nitriles is 1. The molecule has 2 N–H and O–H groups in total. The van der Waals surface area contributed by atoms with Crippen LogP contribution in [0.15, 0.2) is 84.9 Å². The van der Waals surface area contributed by atoms with Gasteiger partial charge in [0.25, 0.3) is 0 Å². The first-order chi connectivity index (χ1) is 15.2. The maximum atomic E-state index is 8.71. The highest BCUT2D eigenvalue weighted by Crippen LogP contribution is 2.42. The highest BCUT2D eigenvalue weighted by molar-refractivity contribution is 5.53. The average molecular weight is 415 g/mol. The molecular formula is C27H30N2O2. The fraction of sp³-hybridized carbons (Fsp3) is 0.296. The predicted octanol–water partition coefficient (Wildman–Crippen LogP) is 5.07. The number of hydrogen-bond donors (Lipinski definition) is 1. The van der Waals surface area contributed by atoms with Crippen LogP contribution in [0.4, 0.5) is 0 Å². The molecule has 0 spiro atoms. The summed E-state index contributed by atoms with van der Waals surface area (Å²) in [5, 5.41) is 8.71. The van der Waals surface area contributed by atoms with E-state index >= 15 is 0 Å². The van der Waals surface area contributed by atoms with Crippen LogP contribution in [0.1, 0.15) is 36.0 Å². The zero-order chi connectivity index (χ0) is 21.9. The molecule has 3 aromatic rings. The Labute approximate surface area is 185 Å². The molecule has 0 saturated heterocycles. The van der Waals surface area contributed by atoms with Crippen LogP contribution < -0.4 is 10.5 Å². The van der Waals surface area contributed by atoms with E-state index in [0.717, 1.165) is 35.3 Å². The van der Waals surface area contributed by atoms with Gasteiger partial charge in [0.05, 0.1) is 25.2 Å². The first-order valence-corrected chi connectivity index (χ1v) is 10.7. The van der Waals surface area contributed by atoms with Crippen molar-refractivity contribution < 1.29 is 9.47 Å². The van der Waals surface area contributed by atoms with Gasteiger partial charge in [0, 0.05) is 19.1 Å². The minimum absolute atomic E-state index is 0.318. The Morgan fingerprint density at radius 1 is 0.839 bits per heavy atom. The molecule has 4 heteroatoms. The molecule has 0 aliphatic carbocycles. The molecule has 3 rings (SSSR count). The third-order valence-corrected chi connectivity index (χ3v) is 5.68. The first kappa shape index (κ1) is 22.6. The van der Waals surface area contributed by atoms with E-state index in [2.05, 4.69) is 42.5 Å². The summed E-state index contributed by atoms with van der Waals surface area (Å²) in [6, 6.07) is 30.7. The topological polar surface area (TPSA) is 68.3 Å². The third-order valence-electron chi connectivity index (χ3n) is 5.68. The molecule has 3 aromatic carbocycles. The third kappa shape index (κ3) is 5.14. The molecule has 0 saturated carbocycles. The molecule has 1 unspecified atom stereocenters. The lowest BCUT2D eigenvalue weighted by Gasteiger charge is -2.41. The zero-order valence-corrected chi connectivity index (χ0v) is 18.0. The van der Waals surface area contributed by atoms with Crippen molar-refractivity contribution in [3.05, 3.63) is 102 Å². The number of rotatable bonds is 11. The van der Waals surface area contributed by atoms with Crippen molar-refractivity contribution in [2.24, 2.45) is 5.73 Å². The zero-order valence-electron chi connectivity index (χ0n) is 18.0. The standard InChI is InChI=1S/C27H30N2O2/c1-30-25-17-15-24(16-18-25)27(22-11-5-2-6-12-22,23-13-7-3-8-14-23)26(29)21-31-20-10-4-9-19-28/h2-3,5-8,11-18,26H,4,9-10,20-21,29H2,1H3. The molecule has 0 aromatic heterocycles. The highest BCUT2D eigenvalue weighted by Gasteiger charge is 2.42. The minimum atomic E-state index is -0.582. The number of ether oxygens (including phenoxy) is 2. The van der Waals surface area contributed by atoms with Crippen molar-refractivity contribution >= 4 is 0 Å². The maximum absolute atomic E-state index is 8.71. The van der Waals surface area contributed by atoms with Gasteiger partial charge in [-0.3, -0.25) is 0 Å². The summed E-state index contributed by atoms with van der Waals surface area (Å²) in [6.45, 7) is 1.00. The Hall–Kier alpha value is -3.13. The quantitative estimate of drug-likeness (QED) is 0.351. The number of methoxy groups -OCH3 is 1. The fourth-order valence-electron chi connectivity index (χ4n) is 4.14. The van der Waals surface area contributed by atoms with Crippen molar-refractivity contribution in [3.63, 3.8) is 0 Å². The average Bonchev–Trinajstić information content (AvgIpc) is 2.83. The molecule has 0 radical (unpaired) electrons. The molecule has 0 aliphatic rings. The van der Waals surface area contributed by atoms with Gasteiger partial charge in [-0.05, 0) is 41.7 Å². The summed E-state index contributed by atoms with van der Waals surface area (Å²) in [7, 11) is 1.67. The second-order valence-electron chi connectivity index (χ2n) is 7.57. The lowest BCUT2D eigenvalue weighted by atomic mass is 9.65. The van der Waals surface area contributed by atoms with E-state index in [-0.39, 0.29) is 6.04 Å². The number of nitrogens with two attached hydrogens (primary N) is 1. The fourth-order valence-corrected chi connectivity index (χ4v) is 4.14. The van der Waals surface area contributed by atoms with Crippen molar-refractivity contribution in [1.29, 1.82) is 5.26 Å². The van der Waals surface area contributed by atoms with Crippen LogP contribution in [-0.2, 0) is 10.2 Å². The van der Waals surface area contributed by atoms with Crippen LogP contribution in [0, 0.1) is 11.3 Å². The van der Waals surface area contributed by atoms with Gasteiger partial charge >= 0.3 is 0 Å². The summed E-state index contributed by atoms with van der Waals surface area (Å²) < 4.78 is 11.4. The Morgan fingerprint density at radius 2 is 1.39 bits per heavy atom. The maximum Gasteiger partial charge on any atom is 0.118 e. The summed E-state index contributed by atoms with van der Waals surface area (Å²) in [5.41, 5.74) is 9.69. The summed E-state index contributed by atoms with van der Waals surface area (Å²) in [5.74, 6) is 0.807. The molecule has 0 bridgehead atoms. The summed E-state index contributed by atoms with van der Waals surface area (Å²) in [4.78, 5) is 0. The molecule has 1 atom stereocenters. The van der Waals surface area contributed by atoms with Crippen LogP contribution >= 0.6 is 0 Å². The van der Waals surface area contributed by atoms with Crippen molar-refractivity contribution in [2.45, 2.75) is 30.7 Å². The monoisotopic (exact) mass is 414 g/mol. The van der Waals surface area contributed by atoms with Crippen LogP contribution in [0.5, 0.6) is 5.75 Å². The largest absolute Gasteiger partial charge is 0.497 e. The molecule has 4 nitrogen and oxygen atoms in total. The molecule has 0 amide bonds. The molecular weight excluding hydrogens is 384 g/mol. The summed E-state index contributed by atoms with van der Waals surface area (Å²) in [6.07, 6.45) is 2.25. The van der Waals surface area contributed by atoms with E-state index in [1.165, 1.54) is 0 Å². The van der Waals surface area contributed by atoms with Crippen molar-refractivity contribution in [3.8, 4) is 11.8 Å². The van der Waals surface area contributed by atoms with Gasteiger partial charge in [0.1, 0.15) is 5.75 Å². The number of nitrogens with zero attached hydrogens (tertiary/aromatic N) is 1. The molecule has 0 aliphatic heterocycles. The van der Waals surface area contributed by atoms with Gasteiger partial charge in [-0.15, -0.1) is 0 Å². The molecule has 31 heavy (non-hydrogen) atoms. The second kappa shape index (κ2) is 11.3. The minimum Gasteiger partial charge on any atom is -0.497 e. The van der Waals surface area contributed by atoms with Gasteiger partial charge in [-0.25, -0.2) is 0 Å². The Bertz CT molecular complexity index is 911. The van der Waals surface area contributed by atoms with E-state index in [4.69, 9.17) is 20.5 Å². The number of hydrogen-bond acceptors (Lipinski definition) is 4. The SMILES string of the molecule is COc1ccc(C(c2ccccc2)(c2ccccc2)C(N)COCCCCC#N)cc1. The second-order valence-corrected chi connectivity index (χ2v) is 7.57. The highest BCUT2D eigenvalue weighted by atomic mass is 16.5. The van der Waals surface area contributed by atoms with Crippen LogP contribution in [-0.4, -0.2) is 26.4 Å². The molecule has 0 fully saturated rings. The number of benzene rings is 3. The van der Waals surface area contributed by atoms with E-state index in [0.29, 0.717) is 19.6 Å². The lowest BCUT2D eigenvalue weighted by molar-refractivity contribution is 0.106. The lowest BCUT2D eigenvalue weighted by Crippen LogP contribution is -2.50. The van der Waals surface area contributed by atoms with Gasteiger partial charge < -0.3 is 15.2 Å². The van der Waals surface area contributed by atoms with Gasteiger partial charge in [-0.1, -0.05) is 72.8 Å². The van der Waals surface area contributed by atoms with Crippen LogP contribution in [0.25, 0.3) is 0 Å². The van der Waals surface area contributed by atoms with Crippen molar-refractivity contribution in [2.75, 3.05) is 20.3 Å². The normalized spacial score (nSPS) is 12.2.